The number of aliphatic hydroxyl groups is 1. The van der Waals surface area contributed by atoms with Gasteiger partial charge in [0.1, 0.15) is 11.9 Å². The molecule has 0 saturated heterocycles. The van der Waals surface area contributed by atoms with Crippen molar-refractivity contribution in [3.05, 3.63) is 41.0 Å². The summed E-state index contributed by atoms with van der Waals surface area (Å²) >= 11 is 0. The number of aldehydes is 1. The van der Waals surface area contributed by atoms with Crippen molar-refractivity contribution in [1.82, 2.24) is 0 Å². The van der Waals surface area contributed by atoms with Crippen molar-refractivity contribution >= 4 is 11.9 Å². The fraction of sp³-hybridized carbons (Fsp3) is 0.250. The molecule has 0 saturated carbocycles. The van der Waals surface area contributed by atoms with Crippen molar-refractivity contribution in [3.63, 3.8) is 0 Å². The highest BCUT2D eigenvalue weighted by molar-refractivity contribution is 5.80. The lowest BCUT2D eigenvalue weighted by molar-refractivity contribution is 0.111. The number of hydrogen-bond donors (Lipinski definition) is 1. The molecule has 1 unspecified atom stereocenters. The van der Waals surface area contributed by atoms with Gasteiger partial charge in [-0.15, -0.1) is 0 Å². The maximum atomic E-state index is 10.6. The minimum Gasteiger partial charge on any atom is -0.381 e. The van der Waals surface area contributed by atoms with E-state index >= 15 is 0 Å². The molecule has 0 heterocycles. The first kappa shape index (κ1) is 9.16. The molecule has 1 atom stereocenters. The number of carbonyl (C=O) groups excluding carboxylic acids is 1. The molecule has 2 nitrogen and oxygen atoms in total. The predicted molar refractivity (Wildman–Crippen MR) is 55.1 cm³/mol. The zero-order valence-electron chi connectivity index (χ0n) is 8.24. The van der Waals surface area contributed by atoms with Gasteiger partial charge in [-0.3, -0.25) is 4.79 Å². The van der Waals surface area contributed by atoms with Gasteiger partial charge in [0, 0.05) is 5.56 Å². The van der Waals surface area contributed by atoms with Crippen molar-refractivity contribution in [2.24, 2.45) is 0 Å². The zero-order valence-corrected chi connectivity index (χ0v) is 8.24. The quantitative estimate of drug-likeness (QED) is 0.685. The van der Waals surface area contributed by atoms with E-state index in [-0.39, 0.29) is 0 Å². The number of hydrogen-bond acceptors (Lipinski definition) is 2. The van der Waals surface area contributed by atoms with E-state index in [4.69, 9.17) is 0 Å². The van der Waals surface area contributed by atoms with Gasteiger partial charge in [0.05, 0.1) is 0 Å². The molecule has 72 valence electrons. The highest BCUT2D eigenvalue weighted by atomic mass is 16.3. The van der Waals surface area contributed by atoms with Gasteiger partial charge in [0.15, 0.2) is 0 Å². The molecule has 0 aliphatic heterocycles. The lowest BCUT2D eigenvalue weighted by Crippen LogP contribution is -2.15. The van der Waals surface area contributed by atoms with Crippen LogP contribution >= 0.6 is 0 Å². The second-order valence-electron chi connectivity index (χ2n) is 3.90. The first-order valence-electron chi connectivity index (χ1n) is 4.56. The summed E-state index contributed by atoms with van der Waals surface area (Å²) in [6, 6.07) is 5.40. The number of benzene rings is 1. The maximum absolute atomic E-state index is 10.6. The van der Waals surface area contributed by atoms with E-state index < -0.39 is 5.60 Å². The summed E-state index contributed by atoms with van der Waals surface area (Å²) in [6.45, 7) is 3.69. The molecule has 2 rings (SSSR count). The minimum absolute atomic E-state index is 0.604. The van der Waals surface area contributed by atoms with Crippen LogP contribution in [0, 0.1) is 0 Å². The van der Waals surface area contributed by atoms with Crippen LogP contribution in [0.2, 0.25) is 0 Å². The normalized spacial score (nSPS) is 24.4. The number of fused-ring (bicyclic) bond motifs is 1. The number of rotatable bonds is 1. The number of allylic oxidation sites excluding steroid dienone is 1. The molecule has 14 heavy (non-hydrogen) atoms. The Morgan fingerprint density at radius 1 is 1.43 bits per heavy atom. The summed E-state index contributed by atoms with van der Waals surface area (Å²) in [4.78, 5) is 10.6. The molecular weight excluding hydrogens is 176 g/mol. The molecule has 1 aromatic carbocycles. The molecule has 1 aliphatic rings. The van der Waals surface area contributed by atoms with Gasteiger partial charge in [-0.2, -0.15) is 0 Å². The Kier molecular flexibility index (Phi) is 1.82. The monoisotopic (exact) mass is 188 g/mol. The maximum Gasteiger partial charge on any atom is 0.150 e. The standard InChI is InChI=1S/C12H12O2/c1-8-6-12(2,14)11-5-9(7-13)3-4-10(8)11/h3-7,14H,1-2H3. The first-order chi connectivity index (χ1) is 6.54. The van der Waals surface area contributed by atoms with Crippen molar-refractivity contribution in [2.45, 2.75) is 19.4 Å². The van der Waals surface area contributed by atoms with Crippen LogP contribution in [-0.2, 0) is 5.60 Å². The Morgan fingerprint density at radius 2 is 2.14 bits per heavy atom. The summed E-state index contributed by atoms with van der Waals surface area (Å²) in [5, 5.41) is 10.0. The summed E-state index contributed by atoms with van der Waals surface area (Å²) in [7, 11) is 0. The van der Waals surface area contributed by atoms with Crippen molar-refractivity contribution < 1.29 is 9.90 Å². The molecule has 0 bridgehead atoms. The Balaban J connectivity index is 2.65. The second-order valence-corrected chi connectivity index (χ2v) is 3.90. The first-order valence-corrected chi connectivity index (χ1v) is 4.56. The largest absolute Gasteiger partial charge is 0.381 e. The Bertz CT molecular complexity index is 428. The van der Waals surface area contributed by atoms with E-state index in [1.165, 1.54) is 0 Å². The highest BCUT2D eigenvalue weighted by Gasteiger charge is 2.29. The molecule has 0 radical (unpaired) electrons. The van der Waals surface area contributed by atoms with E-state index in [9.17, 15) is 9.90 Å². The van der Waals surface area contributed by atoms with Crippen LogP contribution < -0.4 is 0 Å². The lowest BCUT2D eigenvalue weighted by atomic mass is 9.96. The van der Waals surface area contributed by atoms with Crippen LogP contribution in [0.4, 0.5) is 0 Å². The Labute approximate surface area is 82.9 Å². The molecule has 0 aromatic heterocycles. The molecular formula is C12H12O2. The molecule has 0 fully saturated rings. The SMILES string of the molecule is CC1=CC(C)(O)c2cc(C=O)ccc21. The molecule has 1 N–H and O–H groups in total. The van der Waals surface area contributed by atoms with Crippen LogP contribution in [-0.4, -0.2) is 11.4 Å². The molecule has 0 spiro atoms. The fourth-order valence-electron chi connectivity index (χ4n) is 1.97. The van der Waals surface area contributed by atoms with Crippen LogP contribution in [0.15, 0.2) is 24.3 Å². The van der Waals surface area contributed by atoms with Crippen molar-refractivity contribution in [2.75, 3.05) is 0 Å². The molecule has 1 aromatic rings. The summed E-state index contributed by atoms with van der Waals surface area (Å²) in [5.41, 5.74) is 2.58. The van der Waals surface area contributed by atoms with Crippen molar-refractivity contribution in [1.29, 1.82) is 0 Å². The van der Waals surface area contributed by atoms with E-state index in [1.807, 2.05) is 19.1 Å². The third kappa shape index (κ3) is 1.19. The van der Waals surface area contributed by atoms with Gasteiger partial charge < -0.3 is 5.11 Å². The van der Waals surface area contributed by atoms with Gasteiger partial charge in [-0.25, -0.2) is 0 Å². The zero-order chi connectivity index (χ0) is 10.3. The smallest absolute Gasteiger partial charge is 0.150 e. The Morgan fingerprint density at radius 3 is 2.79 bits per heavy atom. The van der Waals surface area contributed by atoms with Gasteiger partial charge in [-0.05, 0) is 42.7 Å². The predicted octanol–water partition coefficient (Wildman–Crippen LogP) is 2.12. The summed E-state index contributed by atoms with van der Waals surface area (Å²) < 4.78 is 0. The summed E-state index contributed by atoms with van der Waals surface area (Å²) in [5.74, 6) is 0. The summed E-state index contributed by atoms with van der Waals surface area (Å²) in [6.07, 6.45) is 2.61. The van der Waals surface area contributed by atoms with E-state index in [0.29, 0.717) is 5.56 Å². The van der Waals surface area contributed by atoms with Crippen molar-refractivity contribution in [3.8, 4) is 0 Å². The van der Waals surface area contributed by atoms with Gasteiger partial charge in [-0.1, -0.05) is 12.1 Å². The second kappa shape index (κ2) is 2.79. The lowest BCUT2D eigenvalue weighted by Gasteiger charge is -2.16. The minimum atomic E-state index is -0.932. The molecule has 1 aliphatic carbocycles. The van der Waals surface area contributed by atoms with Crippen LogP contribution in [0.3, 0.4) is 0 Å². The van der Waals surface area contributed by atoms with Crippen LogP contribution in [0.25, 0.3) is 5.57 Å². The van der Waals surface area contributed by atoms with Gasteiger partial charge >= 0.3 is 0 Å². The third-order valence-electron chi connectivity index (χ3n) is 2.65. The third-order valence-corrected chi connectivity index (χ3v) is 2.65. The van der Waals surface area contributed by atoms with Crippen LogP contribution in [0.5, 0.6) is 0 Å². The van der Waals surface area contributed by atoms with E-state index in [0.717, 1.165) is 23.0 Å². The molecule has 0 amide bonds. The average molecular weight is 188 g/mol. The van der Waals surface area contributed by atoms with Gasteiger partial charge in [0.25, 0.3) is 0 Å². The van der Waals surface area contributed by atoms with Gasteiger partial charge in [0.2, 0.25) is 0 Å². The van der Waals surface area contributed by atoms with E-state index in [1.54, 1.807) is 19.1 Å². The highest BCUT2D eigenvalue weighted by Crippen LogP contribution is 2.38. The number of carbonyl (C=O) groups is 1. The van der Waals surface area contributed by atoms with E-state index in [2.05, 4.69) is 0 Å². The molecule has 2 heteroatoms. The average Bonchev–Trinajstić information content (AvgIpc) is 2.37. The topological polar surface area (TPSA) is 37.3 Å². The fourth-order valence-corrected chi connectivity index (χ4v) is 1.97. The van der Waals surface area contributed by atoms with Crippen LogP contribution in [0.1, 0.15) is 35.3 Å². The Hall–Kier alpha value is -1.41.